The van der Waals surface area contributed by atoms with E-state index in [0.717, 1.165) is 29.9 Å². The SMILES string of the molecule is COC(=O)C(=O)/C=C(\O)c1c(C)cc(C)cc1C. The number of aryl methyl sites for hydroxylation is 3. The van der Waals surface area contributed by atoms with Crippen LogP contribution < -0.4 is 0 Å². The molecule has 4 heteroatoms. The number of methoxy groups -OCH3 is 1. The number of hydrogen-bond donors (Lipinski definition) is 1. The number of benzene rings is 1. The Morgan fingerprint density at radius 1 is 1.17 bits per heavy atom. The molecular formula is C14H16O4. The number of ketones is 1. The van der Waals surface area contributed by atoms with Gasteiger partial charge in [-0.2, -0.15) is 0 Å². The summed E-state index contributed by atoms with van der Waals surface area (Å²) in [7, 11) is 1.12. The van der Waals surface area contributed by atoms with Gasteiger partial charge in [0.1, 0.15) is 5.76 Å². The molecule has 0 aliphatic heterocycles. The Kier molecular flexibility index (Phi) is 4.26. The van der Waals surface area contributed by atoms with E-state index in [1.165, 1.54) is 0 Å². The van der Waals surface area contributed by atoms with E-state index in [1.54, 1.807) is 0 Å². The van der Waals surface area contributed by atoms with Gasteiger partial charge in [0.2, 0.25) is 0 Å². The third kappa shape index (κ3) is 2.97. The van der Waals surface area contributed by atoms with E-state index in [2.05, 4.69) is 4.74 Å². The summed E-state index contributed by atoms with van der Waals surface area (Å²) in [5.41, 5.74) is 3.33. The average molecular weight is 248 g/mol. The molecule has 1 N–H and O–H groups in total. The zero-order chi connectivity index (χ0) is 13.9. The fourth-order valence-corrected chi connectivity index (χ4v) is 1.94. The van der Waals surface area contributed by atoms with E-state index in [9.17, 15) is 14.7 Å². The number of esters is 1. The van der Waals surface area contributed by atoms with Crippen LogP contribution >= 0.6 is 0 Å². The van der Waals surface area contributed by atoms with Crippen molar-refractivity contribution in [3.63, 3.8) is 0 Å². The van der Waals surface area contributed by atoms with Crippen molar-refractivity contribution in [3.8, 4) is 0 Å². The van der Waals surface area contributed by atoms with Gasteiger partial charge in [-0.3, -0.25) is 4.79 Å². The molecule has 1 aromatic rings. The number of hydrogen-bond acceptors (Lipinski definition) is 4. The summed E-state index contributed by atoms with van der Waals surface area (Å²) in [6.45, 7) is 5.62. The van der Waals surface area contributed by atoms with Crippen molar-refractivity contribution in [3.05, 3.63) is 40.5 Å². The molecule has 0 fully saturated rings. The van der Waals surface area contributed by atoms with Crippen LogP contribution in [0.5, 0.6) is 0 Å². The van der Waals surface area contributed by atoms with Gasteiger partial charge in [0.15, 0.2) is 0 Å². The van der Waals surface area contributed by atoms with Crippen LogP contribution in [0.3, 0.4) is 0 Å². The molecule has 18 heavy (non-hydrogen) atoms. The lowest BCUT2D eigenvalue weighted by atomic mass is 9.98. The minimum atomic E-state index is -0.996. The molecule has 1 aromatic carbocycles. The predicted molar refractivity (Wildman–Crippen MR) is 68.3 cm³/mol. The van der Waals surface area contributed by atoms with Crippen LogP contribution in [-0.4, -0.2) is 24.0 Å². The topological polar surface area (TPSA) is 63.6 Å². The molecular weight excluding hydrogens is 232 g/mol. The molecule has 1 rings (SSSR count). The summed E-state index contributed by atoms with van der Waals surface area (Å²) >= 11 is 0. The fourth-order valence-electron chi connectivity index (χ4n) is 1.94. The molecule has 96 valence electrons. The summed E-state index contributed by atoms with van der Waals surface area (Å²) in [4.78, 5) is 22.3. The molecule has 0 aliphatic rings. The molecule has 0 amide bonds. The fraction of sp³-hybridized carbons (Fsp3) is 0.286. The third-order valence-electron chi connectivity index (χ3n) is 2.59. The molecule has 0 atom stereocenters. The van der Waals surface area contributed by atoms with Crippen LogP contribution in [0.1, 0.15) is 22.3 Å². The average Bonchev–Trinajstić information content (AvgIpc) is 2.26. The van der Waals surface area contributed by atoms with Crippen molar-refractivity contribution in [1.29, 1.82) is 0 Å². The Balaban J connectivity index is 3.19. The smallest absolute Gasteiger partial charge is 0.378 e. The van der Waals surface area contributed by atoms with Crippen molar-refractivity contribution in [2.24, 2.45) is 0 Å². The van der Waals surface area contributed by atoms with Gasteiger partial charge in [-0.25, -0.2) is 4.79 Å². The number of ether oxygens (including phenoxy) is 1. The summed E-state index contributed by atoms with van der Waals surface area (Å²) in [6, 6.07) is 3.80. The summed E-state index contributed by atoms with van der Waals surface area (Å²) in [5.74, 6) is -2.10. The summed E-state index contributed by atoms with van der Waals surface area (Å²) in [5, 5.41) is 9.92. The normalized spacial score (nSPS) is 11.2. The highest BCUT2D eigenvalue weighted by Gasteiger charge is 2.15. The minimum Gasteiger partial charge on any atom is -0.507 e. The van der Waals surface area contributed by atoms with Crippen LogP contribution in [-0.2, 0) is 14.3 Å². The third-order valence-corrected chi connectivity index (χ3v) is 2.59. The van der Waals surface area contributed by atoms with Gasteiger partial charge in [-0.15, -0.1) is 0 Å². The highest BCUT2D eigenvalue weighted by molar-refractivity contribution is 6.39. The van der Waals surface area contributed by atoms with Gasteiger partial charge in [0.05, 0.1) is 7.11 Å². The van der Waals surface area contributed by atoms with Crippen LogP contribution in [0.2, 0.25) is 0 Å². The largest absolute Gasteiger partial charge is 0.507 e. The first-order valence-electron chi connectivity index (χ1n) is 5.48. The molecule has 0 aliphatic carbocycles. The van der Waals surface area contributed by atoms with Crippen LogP contribution in [0.15, 0.2) is 18.2 Å². The van der Waals surface area contributed by atoms with Crippen LogP contribution in [0.25, 0.3) is 5.76 Å². The van der Waals surface area contributed by atoms with Crippen LogP contribution in [0, 0.1) is 20.8 Å². The maximum absolute atomic E-state index is 11.3. The highest BCUT2D eigenvalue weighted by Crippen LogP contribution is 2.22. The standard InChI is InChI=1S/C14H16O4/c1-8-5-9(2)13(10(3)6-8)11(15)7-12(16)14(17)18-4/h5-7,15H,1-4H3/b11-7-. The molecule has 4 nitrogen and oxygen atoms in total. The van der Waals surface area contributed by atoms with E-state index in [-0.39, 0.29) is 5.76 Å². The first kappa shape index (κ1) is 14.0. The van der Waals surface area contributed by atoms with E-state index in [0.29, 0.717) is 5.56 Å². The van der Waals surface area contributed by atoms with Crippen molar-refractivity contribution in [2.75, 3.05) is 7.11 Å². The Morgan fingerprint density at radius 3 is 2.11 bits per heavy atom. The number of aliphatic hydroxyl groups excluding tert-OH is 1. The number of aliphatic hydroxyl groups is 1. The van der Waals surface area contributed by atoms with Crippen LogP contribution in [0.4, 0.5) is 0 Å². The molecule has 0 heterocycles. The lowest BCUT2D eigenvalue weighted by molar-refractivity contribution is -0.149. The minimum absolute atomic E-state index is 0.222. The second-order valence-corrected chi connectivity index (χ2v) is 4.16. The van der Waals surface area contributed by atoms with Gasteiger partial charge in [-0.05, 0) is 31.9 Å². The lowest BCUT2D eigenvalue weighted by Crippen LogP contribution is -2.13. The Bertz CT molecular complexity index is 504. The highest BCUT2D eigenvalue weighted by atomic mass is 16.5. The number of carbonyl (C=O) groups is 2. The second kappa shape index (κ2) is 5.49. The van der Waals surface area contributed by atoms with Gasteiger partial charge >= 0.3 is 5.97 Å². The molecule has 0 radical (unpaired) electrons. The lowest BCUT2D eigenvalue weighted by Gasteiger charge is -2.10. The zero-order valence-corrected chi connectivity index (χ0v) is 10.9. The Morgan fingerprint density at radius 2 is 1.67 bits per heavy atom. The van der Waals surface area contributed by atoms with Crippen molar-refractivity contribution in [2.45, 2.75) is 20.8 Å². The van der Waals surface area contributed by atoms with Gasteiger partial charge < -0.3 is 9.84 Å². The van der Waals surface area contributed by atoms with E-state index >= 15 is 0 Å². The maximum atomic E-state index is 11.3. The molecule has 0 unspecified atom stereocenters. The van der Waals surface area contributed by atoms with Crippen molar-refractivity contribution in [1.82, 2.24) is 0 Å². The zero-order valence-electron chi connectivity index (χ0n) is 10.9. The molecule has 0 spiro atoms. The van der Waals surface area contributed by atoms with Crippen molar-refractivity contribution >= 4 is 17.5 Å². The molecule has 0 saturated carbocycles. The predicted octanol–water partition coefficient (Wildman–Crippen LogP) is 2.25. The first-order valence-corrected chi connectivity index (χ1v) is 5.48. The van der Waals surface area contributed by atoms with E-state index in [4.69, 9.17) is 0 Å². The van der Waals surface area contributed by atoms with Gasteiger partial charge in [-0.1, -0.05) is 17.7 Å². The second-order valence-electron chi connectivity index (χ2n) is 4.16. The Hall–Kier alpha value is -2.10. The maximum Gasteiger partial charge on any atom is 0.378 e. The Labute approximate surface area is 106 Å². The van der Waals surface area contributed by atoms with E-state index < -0.39 is 11.8 Å². The number of rotatable bonds is 3. The molecule has 0 bridgehead atoms. The summed E-state index contributed by atoms with van der Waals surface area (Å²) < 4.78 is 4.28. The summed E-state index contributed by atoms with van der Waals surface area (Å²) in [6.07, 6.45) is 0.885. The number of carbonyl (C=O) groups excluding carboxylic acids is 2. The van der Waals surface area contributed by atoms with Gasteiger partial charge in [0, 0.05) is 11.6 Å². The van der Waals surface area contributed by atoms with Gasteiger partial charge in [0.25, 0.3) is 5.78 Å². The first-order chi connectivity index (χ1) is 8.36. The molecule has 0 saturated heterocycles. The monoisotopic (exact) mass is 248 g/mol. The van der Waals surface area contributed by atoms with Crippen molar-refractivity contribution < 1.29 is 19.4 Å². The quantitative estimate of drug-likeness (QED) is 0.385. The molecule has 0 aromatic heterocycles. The van der Waals surface area contributed by atoms with E-state index in [1.807, 2.05) is 32.9 Å².